The lowest BCUT2D eigenvalue weighted by molar-refractivity contribution is 0.268. The Balaban J connectivity index is 2.27. The van der Waals surface area contributed by atoms with Crippen molar-refractivity contribution in [2.45, 2.75) is 6.54 Å². The number of aliphatic hydroxyl groups is 1. The van der Waals surface area contributed by atoms with Gasteiger partial charge in [0.2, 0.25) is 0 Å². The first-order valence-electron chi connectivity index (χ1n) is 4.99. The quantitative estimate of drug-likeness (QED) is 0.831. The van der Waals surface area contributed by atoms with Crippen molar-refractivity contribution >= 4 is 0 Å². The van der Waals surface area contributed by atoms with Crippen LogP contribution in [0.15, 0.2) is 30.5 Å². The molecule has 2 rings (SSSR count). The zero-order valence-electron chi connectivity index (χ0n) is 9.00. The molecule has 0 spiro atoms. The van der Waals surface area contributed by atoms with Gasteiger partial charge in [-0.15, -0.1) is 5.10 Å². The van der Waals surface area contributed by atoms with Crippen LogP contribution in [-0.4, -0.2) is 33.8 Å². The predicted molar refractivity (Wildman–Crippen MR) is 59.1 cm³/mol. The van der Waals surface area contributed by atoms with Crippen molar-refractivity contribution in [3.8, 4) is 17.0 Å². The Morgan fingerprint density at radius 3 is 3.06 bits per heavy atom. The summed E-state index contributed by atoms with van der Waals surface area (Å²) >= 11 is 0. The van der Waals surface area contributed by atoms with E-state index in [0.717, 1.165) is 17.0 Å². The van der Waals surface area contributed by atoms with Gasteiger partial charge in [-0.2, -0.15) is 0 Å². The molecule has 84 valence electrons. The molecule has 2 aromatic rings. The van der Waals surface area contributed by atoms with E-state index in [1.165, 1.54) is 0 Å². The molecule has 0 atom stereocenters. The molecule has 0 aliphatic heterocycles. The number of hydrogen-bond donors (Lipinski definition) is 1. The molecule has 0 unspecified atom stereocenters. The highest BCUT2D eigenvalue weighted by Crippen LogP contribution is 2.21. The molecule has 0 radical (unpaired) electrons. The van der Waals surface area contributed by atoms with Gasteiger partial charge in [0.25, 0.3) is 0 Å². The van der Waals surface area contributed by atoms with Crippen LogP contribution in [0.2, 0.25) is 0 Å². The third-order valence-electron chi connectivity index (χ3n) is 2.23. The third-order valence-corrected chi connectivity index (χ3v) is 2.23. The van der Waals surface area contributed by atoms with E-state index in [1.54, 1.807) is 18.0 Å². The highest BCUT2D eigenvalue weighted by Gasteiger charge is 2.04. The van der Waals surface area contributed by atoms with Gasteiger partial charge in [0.05, 0.1) is 26.5 Å². The minimum absolute atomic E-state index is 0.0565. The van der Waals surface area contributed by atoms with Crippen LogP contribution in [0.1, 0.15) is 0 Å². The Bertz CT molecular complexity index is 468. The average Bonchev–Trinajstić information content (AvgIpc) is 2.78. The van der Waals surface area contributed by atoms with Gasteiger partial charge in [-0.1, -0.05) is 17.3 Å². The van der Waals surface area contributed by atoms with E-state index in [4.69, 9.17) is 9.84 Å². The maximum Gasteiger partial charge on any atom is 0.119 e. The second-order valence-corrected chi connectivity index (χ2v) is 3.32. The molecule has 1 N–H and O–H groups in total. The van der Waals surface area contributed by atoms with Gasteiger partial charge in [0.1, 0.15) is 11.4 Å². The Morgan fingerprint density at radius 2 is 2.31 bits per heavy atom. The number of ether oxygens (including phenoxy) is 1. The normalized spacial score (nSPS) is 10.4. The first kappa shape index (κ1) is 10.6. The molecule has 0 aliphatic carbocycles. The lowest BCUT2D eigenvalue weighted by atomic mass is 10.1. The number of benzene rings is 1. The van der Waals surface area contributed by atoms with Crippen molar-refractivity contribution < 1.29 is 9.84 Å². The Kier molecular flexibility index (Phi) is 3.16. The van der Waals surface area contributed by atoms with Crippen LogP contribution in [0.25, 0.3) is 11.3 Å². The monoisotopic (exact) mass is 219 g/mol. The predicted octanol–water partition coefficient (Wildman–Crippen LogP) is 0.946. The van der Waals surface area contributed by atoms with E-state index in [-0.39, 0.29) is 6.61 Å². The molecule has 1 heterocycles. The second kappa shape index (κ2) is 4.76. The number of nitrogens with zero attached hydrogens (tertiary/aromatic N) is 3. The molecule has 0 saturated heterocycles. The molecule has 5 heteroatoms. The largest absolute Gasteiger partial charge is 0.497 e. The van der Waals surface area contributed by atoms with Crippen molar-refractivity contribution in [2.75, 3.05) is 13.7 Å². The van der Waals surface area contributed by atoms with Crippen molar-refractivity contribution in [1.82, 2.24) is 15.0 Å². The lowest BCUT2D eigenvalue weighted by Crippen LogP contribution is -2.01. The molecule has 0 amide bonds. The Morgan fingerprint density at radius 1 is 1.44 bits per heavy atom. The summed E-state index contributed by atoms with van der Waals surface area (Å²) in [4.78, 5) is 0. The SMILES string of the molecule is COc1cccc(-c2cn(CCO)nn2)c1. The van der Waals surface area contributed by atoms with Gasteiger partial charge < -0.3 is 9.84 Å². The zero-order chi connectivity index (χ0) is 11.4. The summed E-state index contributed by atoms with van der Waals surface area (Å²) in [5.41, 5.74) is 1.72. The van der Waals surface area contributed by atoms with Crippen LogP contribution >= 0.6 is 0 Å². The van der Waals surface area contributed by atoms with Gasteiger partial charge in [-0.25, -0.2) is 4.68 Å². The minimum atomic E-state index is 0.0565. The number of aromatic nitrogens is 3. The molecule has 5 nitrogen and oxygen atoms in total. The average molecular weight is 219 g/mol. The molecule has 16 heavy (non-hydrogen) atoms. The number of methoxy groups -OCH3 is 1. The highest BCUT2D eigenvalue weighted by molar-refractivity contribution is 5.59. The maximum atomic E-state index is 8.77. The first-order valence-corrected chi connectivity index (χ1v) is 4.99. The Hall–Kier alpha value is -1.88. The summed E-state index contributed by atoms with van der Waals surface area (Å²) in [5.74, 6) is 0.786. The van der Waals surface area contributed by atoms with Gasteiger partial charge in [0.15, 0.2) is 0 Å². The van der Waals surface area contributed by atoms with E-state index in [2.05, 4.69) is 10.3 Å². The van der Waals surface area contributed by atoms with E-state index in [9.17, 15) is 0 Å². The molecule has 0 aliphatic rings. The van der Waals surface area contributed by atoms with Crippen LogP contribution < -0.4 is 4.74 Å². The van der Waals surface area contributed by atoms with Crippen molar-refractivity contribution in [1.29, 1.82) is 0 Å². The summed E-state index contributed by atoms with van der Waals surface area (Å²) < 4.78 is 6.74. The zero-order valence-corrected chi connectivity index (χ0v) is 9.00. The van der Waals surface area contributed by atoms with E-state index in [0.29, 0.717) is 6.54 Å². The van der Waals surface area contributed by atoms with E-state index in [1.807, 2.05) is 24.3 Å². The molecular formula is C11H13N3O2. The maximum absolute atomic E-state index is 8.77. The van der Waals surface area contributed by atoms with E-state index < -0.39 is 0 Å². The molecular weight excluding hydrogens is 206 g/mol. The minimum Gasteiger partial charge on any atom is -0.497 e. The second-order valence-electron chi connectivity index (χ2n) is 3.32. The number of aliphatic hydroxyl groups excluding tert-OH is 1. The van der Waals surface area contributed by atoms with Gasteiger partial charge in [0, 0.05) is 5.56 Å². The van der Waals surface area contributed by atoms with Crippen molar-refractivity contribution in [3.63, 3.8) is 0 Å². The van der Waals surface area contributed by atoms with Crippen LogP contribution in [-0.2, 0) is 6.54 Å². The van der Waals surface area contributed by atoms with Gasteiger partial charge in [-0.05, 0) is 12.1 Å². The van der Waals surface area contributed by atoms with Crippen molar-refractivity contribution in [2.24, 2.45) is 0 Å². The van der Waals surface area contributed by atoms with E-state index >= 15 is 0 Å². The van der Waals surface area contributed by atoms with Gasteiger partial charge in [-0.3, -0.25) is 0 Å². The standard InChI is InChI=1S/C11H13N3O2/c1-16-10-4-2-3-9(7-10)11-8-14(5-6-15)13-12-11/h2-4,7-8,15H,5-6H2,1H3. The fourth-order valence-electron chi connectivity index (χ4n) is 1.42. The third kappa shape index (κ3) is 2.20. The summed E-state index contributed by atoms with van der Waals surface area (Å²) in [6.07, 6.45) is 1.80. The Labute approximate surface area is 93.3 Å². The lowest BCUT2D eigenvalue weighted by Gasteiger charge is -2.00. The molecule has 1 aromatic carbocycles. The van der Waals surface area contributed by atoms with Crippen LogP contribution in [0.3, 0.4) is 0 Å². The van der Waals surface area contributed by atoms with Crippen LogP contribution in [0.4, 0.5) is 0 Å². The number of rotatable bonds is 4. The topological polar surface area (TPSA) is 60.2 Å². The molecule has 1 aromatic heterocycles. The summed E-state index contributed by atoms with van der Waals surface area (Å²) in [6.45, 7) is 0.512. The highest BCUT2D eigenvalue weighted by atomic mass is 16.5. The fourth-order valence-corrected chi connectivity index (χ4v) is 1.42. The molecule has 0 fully saturated rings. The molecule has 0 bridgehead atoms. The first-order chi connectivity index (χ1) is 7.83. The smallest absolute Gasteiger partial charge is 0.119 e. The summed E-state index contributed by atoms with van der Waals surface area (Å²) in [5, 5.41) is 16.7. The van der Waals surface area contributed by atoms with Crippen molar-refractivity contribution in [3.05, 3.63) is 30.5 Å². The summed E-state index contributed by atoms with van der Waals surface area (Å²) in [6, 6.07) is 7.62. The van der Waals surface area contributed by atoms with Crippen LogP contribution in [0.5, 0.6) is 5.75 Å². The van der Waals surface area contributed by atoms with Gasteiger partial charge >= 0.3 is 0 Å². The molecule has 0 saturated carbocycles. The van der Waals surface area contributed by atoms with Crippen LogP contribution in [0, 0.1) is 0 Å². The number of hydrogen-bond acceptors (Lipinski definition) is 4. The fraction of sp³-hybridized carbons (Fsp3) is 0.273. The summed E-state index contributed by atoms with van der Waals surface area (Å²) in [7, 11) is 1.63.